The van der Waals surface area contributed by atoms with Crippen LogP contribution in [0.3, 0.4) is 0 Å². The number of thiazole rings is 1. The lowest BCUT2D eigenvalue weighted by molar-refractivity contribution is 0.563. The highest BCUT2D eigenvalue weighted by Gasteiger charge is 2.19. The normalized spacial score (nSPS) is 11.8. The third-order valence-electron chi connectivity index (χ3n) is 3.68. The Balaban J connectivity index is 1.69. The van der Waals surface area contributed by atoms with Crippen LogP contribution in [0.2, 0.25) is 0 Å². The van der Waals surface area contributed by atoms with Crippen molar-refractivity contribution in [3.8, 4) is 11.3 Å². The lowest BCUT2D eigenvalue weighted by atomic mass is 10.1. The van der Waals surface area contributed by atoms with Gasteiger partial charge in [0.05, 0.1) is 11.3 Å². The van der Waals surface area contributed by atoms with Crippen molar-refractivity contribution in [1.29, 1.82) is 0 Å². The number of nitrogens with one attached hydrogen (secondary N) is 1. The highest BCUT2D eigenvalue weighted by molar-refractivity contribution is 9.10. The number of thiophene rings is 1. The Morgan fingerprint density at radius 1 is 1.19 bits per heavy atom. The van der Waals surface area contributed by atoms with Crippen LogP contribution in [0.15, 0.2) is 59.7 Å². The maximum atomic E-state index is 12.4. The fourth-order valence-corrected chi connectivity index (χ4v) is 6.06. The number of rotatable bonds is 4. The molecule has 0 amide bonds. The SMILES string of the molecule is Cc1ccc(S(=O)(=O)Nc2nc(-c3cc4cc(Br)ccc4oc3=O)cs2)s1. The number of sulfonamides is 1. The fraction of sp³-hybridized carbons (Fsp3) is 0.0588. The van der Waals surface area contributed by atoms with Gasteiger partial charge in [0.1, 0.15) is 9.79 Å². The van der Waals surface area contributed by atoms with Gasteiger partial charge in [-0.05, 0) is 43.3 Å². The van der Waals surface area contributed by atoms with E-state index in [1.54, 1.807) is 35.7 Å². The lowest BCUT2D eigenvalue weighted by Gasteiger charge is -2.02. The number of aryl methyl sites for hydroxylation is 1. The van der Waals surface area contributed by atoms with Gasteiger partial charge >= 0.3 is 5.63 Å². The van der Waals surface area contributed by atoms with Crippen molar-refractivity contribution in [2.75, 3.05) is 4.72 Å². The summed E-state index contributed by atoms with van der Waals surface area (Å²) in [6, 6.07) is 10.3. The smallest absolute Gasteiger partial charge is 0.345 e. The van der Waals surface area contributed by atoms with Crippen LogP contribution < -0.4 is 10.3 Å². The van der Waals surface area contributed by atoms with E-state index in [1.165, 1.54) is 11.3 Å². The molecular weight excluding hydrogens is 472 g/mol. The first-order chi connectivity index (χ1) is 12.8. The van der Waals surface area contributed by atoms with Crippen LogP contribution in [0.25, 0.3) is 22.2 Å². The first-order valence-corrected chi connectivity index (χ1v) is 11.6. The highest BCUT2D eigenvalue weighted by atomic mass is 79.9. The Kier molecular flexibility index (Phi) is 4.66. The maximum absolute atomic E-state index is 12.4. The summed E-state index contributed by atoms with van der Waals surface area (Å²) in [5.41, 5.74) is 0.569. The average molecular weight is 483 g/mol. The van der Waals surface area contributed by atoms with Gasteiger partial charge in [-0.1, -0.05) is 15.9 Å². The summed E-state index contributed by atoms with van der Waals surface area (Å²) >= 11 is 5.67. The number of fused-ring (bicyclic) bond motifs is 1. The van der Waals surface area contributed by atoms with Crippen LogP contribution in [-0.4, -0.2) is 13.4 Å². The Morgan fingerprint density at radius 3 is 2.74 bits per heavy atom. The van der Waals surface area contributed by atoms with Gasteiger partial charge in [0.2, 0.25) is 0 Å². The summed E-state index contributed by atoms with van der Waals surface area (Å²) in [7, 11) is -3.70. The van der Waals surface area contributed by atoms with Crippen LogP contribution in [-0.2, 0) is 10.0 Å². The summed E-state index contributed by atoms with van der Waals surface area (Å²) in [6.45, 7) is 1.84. The molecule has 4 aromatic rings. The topological polar surface area (TPSA) is 89.3 Å². The molecule has 4 rings (SSSR count). The molecule has 3 heterocycles. The molecule has 138 valence electrons. The minimum absolute atomic E-state index is 0.185. The van der Waals surface area contributed by atoms with Crippen LogP contribution >= 0.6 is 38.6 Å². The second kappa shape index (κ2) is 6.86. The van der Waals surface area contributed by atoms with Crippen molar-refractivity contribution >= 4 is 64.7 Å². The van der Waals surface area contributed by atoms with Gasteiger partial charge in [0.15, 0.2) is 5.13 Å². The van der Waals surface area contributed by atoms with Crippen molar-refractivity contribution in [1.82, 2.24) is 4.98 Å². The first-order valence-electron chi connectivity index (χ1n) is 7.60. The van der Waals surface area contributed by atoms with E-state index < -0.39 is 15.6 Å². The molecule has 0 saturated heterocycles. The molecule has 1 aromatic carbocycles. The van der Waals surface area contributed by atoms with Crippen molar-refractivity contribution in [2.45, 2.75) is 11.1 Å². The van der Waals surface area contributed by atoms with Gasteiger partial charge in [0, 0.05) is 20.1 Å². The van der Waals surface area contributed by atoms with Gasteiger partial charge in [-0.2, -0.15) is 0 Å². The highest BCUT2D eigenvalue weighted by Crippen LogP contribution is 2.29. The molecule has 6 nitrogen and oxygen atoms in total. The second-order valence-corrected chi connectivity index (χ2v) is 10.6. The van der Waals surface area contributed by atoms with Gasteiger partial charge in [-0.15, -0.1) is 22.7 Å². The van der Waals surface area contributed by atoms with Crippen molar-refractivity contribution in [2.24, 2.45) is 0 Å². The van der Waals surface area contributed by atoms with E-state index in [2.05, 4.69) is 25.6 Å². The minimum Gasteiger partial charge on any atom is -0.422 e. The quantitative estimate of drug-likeness (QED) is 0.419. The molecule has 0 aliphatic rings. The number of hydrogen-bond donors (Lipinski definition) is 1. The van der Waals surface area contributed by atoms with Crippen LogP contribution in [0.5, 0.6) is 0 Å². The zero-order valence-electron chi connectivity index (χ0n) is 13.7. The zero-order valence-corrected chi connectivity index (χ0v) is 17.8. The predicted molar refractivity (Wildman–Crippen MR) is 111 cm³/mol. The Bertz CT molecular complexity index is 1320. The zero-order chi connectivity index (χ0) is 19.2. The largest absolute Gasteiger partial charge is 0.422 e. The molecule has 0 saturated carbocycles. The van der Waals surface area contributed by atoms with Crippen molar-refractivity contribution < 1.29 is 12.8 Å². The molecule has 27 heavy (non-hydrogen) atoms. The monoisotopic (exact) mass is 482 g/mol. The van der Waals surface area contributed by atoms with E-state index in [1.807, 2.05) is 13.0 Å². The summed E-state index contributed by atoms with van der Waals surface area (Å²) in [6.07, 6.45) is 0. The van der Waals surface area contributed by atoms with Crippen LogP contribution in [0.4, 0.5) is 5.13 Å². The number of nitrogens with zero attached hydrogens (tertiary/aromatic N) is 1. The predicted octanol–water partition coefficient (Wildman–Crippen LogP) is 4.85. The first kappa shape index (κ1) is 18.4. The van der Waals surface area contributed by atoms with E-state index in [0.717, 1.165) is 26.1 Å². The molecular formula is C17H11BrN2O4S3. The molecule has 0 aliphatic heterocycles. The number of halogens is 1. The Morgan fingerprint density at radius 2 is 2.00 bits per heavy atom. The van der Waals surface area contributed by atoms with Crippen LogP contribution in [0.1, 0.15) is 4.88 Å². The lowest BCUT2D eigenvalue weighted by Crippen LogP contribution is -2.11. The summed E-state index contributed by atoms with van der Waals surface area (Å²) in [4.78, 5) is 17.4. The maximum Gasteiger partial charge on any atom is 0.345 e. The van der Waals surface area contributed by atoms with Crippen molar-refractivity contribution in [3.63, 3.8) is 0 Å². The molecule has 10 heteroatoms. The van der Waals surface area contributed by atoms with Crippen molar-refractivity contribution in [3.05, 3.63) is 61.5 Å². The van der Waals surface area contributed by atoms with Gasteiger partial charge < -0.3 is 4.42 Å². The fourth-order valence-electron chi connectivity index (χ4n) is 2.44. The molecule has 0 aliphatic carbocycles. The number of anilines is 1. The minimum atomic E-state index is -3.70. The van der Waals surface area contributed by atoms with Gasteiger partial charge in [0.25, 0.3) is 10.0 Å². The summed E-state index contributed by atoms with van der Waals surface area (Å²) < 4.78 is 33.7. The van der Waals surface area contributed by atoms with E-state index >= 15 is 0 Å². The third-order valence-corrected chi connectivity index (χ3v) is 7.89. The molecule has 3 aromatic heterocycles. The van der Waals surface area contributed by atoms with Crippen LogP contribution in [0, 0.1) is 6.92 Å². The van der Waals surface area contributed by atoms with E-state index in [9.17, 15) is 13.2 Å². The molecule has 0 fully saturated rings. The Labute approximate surface area is 170 Å². The molecule has 0 bridgehead atoms. The van der Waals surface area contributed by atoms with E-state index in [0.29, 0.717) is 11.3 Å². The number of hydrogen-bond acceptors (Lipinski definition) is 7. The molecule has 0 radical (unpaired) electrons. The van der Waals surface area contributed by atoms with E-state index in [-0.39, 0.29) is 14.9 Å². The second-order valence-electron chi connectivity index (χ2n) is 5.64. The van der Waals surface area contributed by atoms with E-state index in [4.69, 9.17) is 4.42 Å². The average Bonchev–Trinajstić information content (AvgIpc) is 3.24. The third kappa shape index (κ3) is 3.70. The molecule has 0 atom stereocenters. The van der Waals surface area contributed by atoms with Gasteiger partial charge in [-0.25, -0.2) is 18.2 Å². The summed E-state index contributed by atoms with van der Waals surface area (Å²) in [5.74, 6) is 0. The Hall–Kier alpha value is -2.01. The molecule has 0 spiro atoms. The number of benzene rings is 1. The molecule has 0 unspecified atom stereocenters. The summed E-state index contributed by atoms with van der Waals surface area (Å²) in [5, 5.41) is 2.54. The molecule has 1 N–H and O–H groups in total. The standard InChI is InChI=1S/C17H11BrN2O4S3/c1-9-2-5-15(26-9)27(22,23)20-17-19-13(8-25-17)12-7-10-6-11(18)3-4-14(10)24-16(12)21/h2-8H,1H3,(H,19,20). The number of aromatic nitrogens is 1. The van der Waals surface area contributed by atoms with Gasteiger partial charge in [-0.3, -0.25) is 4.72 Å².